The standard InChI is InChI=1S/C23H36/c1-18-6-3-9-22(18)10-4-7-20-13-15-21(16-14-20)8-5-11-23-17-12-19(23)2/h13-16,18-19,22-23H,3-12,17H2,1-2H3/t18?,19?,22?,23-/m1/s1. The lowest BCUT2D eigenvalue weighted by Gasteiger charge is -2.33. The van der Waals surface area contributed by atoms with Crippen LogP contribution in [0.3, 0.4) is 0 Å². The Labute approximate surface area is 144 Å². The molecule has 1 aromatic rings. The van der Waals surface area contributed by atoms with Gasteiger partial charge in [0, 0.05) is 0 Å². The Kier molecular flexibility index (Phi) is 6.20. The Hall–Kier alpha value is -0.780. The predicted molar refractivity (Wildman–Crippen MR) is 101 cm³/mol. The molecule has 0 heterocycles. The molecule has 2 aliphatic rings. The minimum atomic E-state index is 0.982. The van der Waals surface area contributed by atoms with Crippen LogP contribution < -0.4 is 0 Å². The Bertz CT molecular complexity index is 457. The van der Waals surface area contributed by atoms with Crippen molar-refractivity contribution < 1.29 is 0 Å². The third-order valence-electron chi connectivity index (χ3n) is 6.94. The summed E-state index contributed by atoms with van der Waals surface area (Å²) in [4.78, 5) is 0. The molecule has 0 amide bonds. The van der Waals surface area contributed by atoms with E-state index in [0.29, 0.717) is 0 Å². The SMILES string of the molecule is CC1CCCC1CCCc1ccc(CCC[C@@H]2CCC2C)cc1. The minimum absolute atomic E-state index is 0.982. The molecule has 2 aliphatic carbocycles. The molecule has 0 saturated heterocycles. The fraction of sp³-hybridized carbons (Fsp3) is 0.739. The van der Waals surface area contributed by atoms with Gasteiger partial charge in [0.2, 0.25) is 0 Å². The second-order valence-electron chi connectivity index (χ2n) is 8.58. The highest BCUT2D eigenvalue weighted by atomic mass is 14.3. The van der Waals surface area contributed by atoms with Crippen LogP contribution in [0.15, 0.2) is 24.3 Å². The third kappa shape index (κ3) is 4.85. The fourth-order valence-electron chi connectivity index (χ4n) is 4.82. The highest BCUT2D eigenvalue weighted by molar-refractivity contribution is 5.22. The van der Waals surface area contributed by atoms with Gasteiger partial charge in [-0.2, -0.15) is 0 Å². The Balaban J connectivity index is 1.33. The molecule has 3 unspecified atom stereocenters. The van der Waals surface area contributed by atoms with Crippen molar-refractivity contribution in [1.29, 1.82) is 0 Å². The van der Waals surface area contributed by atoms with Crippen LogP contribution in [0.25, 0.3) is 0 Å². The molecule has 0 heteroatoms. The van der Waals surface area contributed by atoms with Crippen molar-refractivity contribution in [3.63, 3.8) is 0 Å². The smallest absolute Gasteiger partial charge is 0.0279 e. The molecular weight excluding hydrogens is 276 g/mol. The van der Waals surface area contributed by atoms with Gasteiger partial charge < -0.3 is 0 Å². The maximum Gasteiger partial charge on any atom is -0.0279 e. The number of hydrogen-bond acceptors (Lipinski definition) is 0. The molecule has 2 fully saturated rings. The summed E-state index contributed by atoms with van der Waals surface area (Å²) in [5, 5.41) is 0. The van der Waals surface area contributed by atoms with E-state index < -0.39 is 0 Å². The van der Waals surface area contributed by atoms with Gasteiger partial charge in [0.15, 0.2) is 0 Å². The minimum Gasteiger partial charge on any atom is -0.0622 e. The highest BCUT2D eigenvalue weighted by Gasteiger charge is 2.25. The van der Waals surface area contributed by atoms with Crippen molar-refractivity contribution >= 4 is 0 Å². The summed E-state index contributed by atoms with van der Waals surface area (Å²) < 4.78 is 0. The van der Waals surface area contributed by atoms with Crippen molar-refractivity contribution in [2.75, 3.05) is 0 Å². The van der Waals surface area contributed by atoms with Crippen molar-refractivity contribution in [2.45, 2.75) is 84.5 Å². The molecule has 4 atom stereocenters. The zero-order chi connectivity index (χ0) is 16.1. The molecule has 0 radical (unpaired) electrons. The van der Waals surface area contributed by atoms with E-state index in [1.165, 1.54) is 70.6 Å². The summed E-state index contributed by atoms with van der Waals surface area (Å²) in [5.74, 6) is 4.03. The van der Waals surface area contributed by atoms with Crippen molar-refractivity contribution in [3.05, 3.63) is 35.4 Å². The first kappa shape index (κ1) is 17.1. The average molecular weight is 313 g/mol. The summed E-state index contributed by atoms with van der Waals surface area (Å²) >= 11 is 0. The van der Waals surface area contributed by atoms with Crippen LogP contribution in [0, 0.1) is 23.7 Å². The highest BCUT2D eigenvalue weighted by Crippen LogP contribution is 2.37. The molecule has 0 N–H and O–H groups in total. The summed E-state index contributed by atoms with van der Waals surface area (Å²) in [6.07, 6.45) is 15.6. The summed E-state index contributed by atoms with van der Waals surface area (Å²) in [7, 11) is 0. The molecule has 1 aromatic carbocycles. The lowest BCUT2D eigenvalue weighted by Crippen LogP contribution is -2.22. The molecule has 0 spiro atoms. The molecule has 2 saturated carbocycles. The first-order valence-electron chi connectivity index (χ1n) is 10.3. The number of aryl methyl sites for hydroxylation is 2. The maximum absolute atomic E-state index is 2.46. The van der Waals surface area contributed by atoms with Crippen LogP contribution in [0.5, 0.6) is 0 Å². The van der Waals surface area contributed by atoms with E-state index >= 15 is 0 Å². The van der Waals surface area contributed by atoms with Gasteiger partial charge in [-0.25, -0.2) is 0 Å². The van der Waals surface area contributed by atoms with Gasteiger partial charge in [-0.1, -0.05) is 63.8 Å². The van der Waals surface area contributed by atoms with Crippen LogP contribution in [-0.4, -0.2) is 0 Å². The molecule has 3 rings (SSSR count). The second kappa shape index (κ2) is 8.36. The molecule has 0 bridgehead atoms. The van der Waals surface area contributed by atoms with E-state index in [0.717, 1.165) is 23.7 Å². The van der Waals surface area contributed by atoms with E-state index in [9.17, 15) is 0 Å². The largest absolute Gasteiger partial charge is 0.0622 e. The van der Waals surface area contributed by atoms with Gasteiger partial charge in [-0.05, 0) is 79.7 Å². The normalized spacial score (nSPS) is 30.3. The summed E-state index contributed by atoms with van der Waals surface area (Å²) in [5.41, 5.74) is 3.09. The molecule has 0 aromatic heterocycles. The van der Waals surface area contributed by atoms with E-state index in [2.05, 4.69) is 38.1 Å². The lowest BCUT2D eigenvalue weighted by atomic mass is 9.72. The van der Waals surface area contributed by atoms with Gasteiger partial charge in [0.25, 0.3) is 0 Å². The van der Waals surface area contributed by atoms with E-state index in [1.807, 2.05) is 0 Å². The predicted octanol–water partition coefficient (Wildman–Crippen LogP) is 6.81. The first-order valence-corrected chi connectivity index (χ1v) is 10.3. The Morgan fingerprint density at radius 2 is 1.22 bits per heavy atom. The zero-order valence-corrected chi connectivity index (χ0v) is 15.4. The van der Waals surface area contributed by atoms with Crippen LogP contribution in [-0.2, 0) is 12.8 Å². The monoisotopic (exact) mass is 312 g/mol. The molecule has 0 nitrogen and oxygen atoms in total. The van der Waals surface area contributed by atoms with Crippen LogP contribution in [0.1, 0.15) is 82.8 Å². The van der Waals surface area contributed by atoms with Crippen LogP contribution in [0.4, 0.5) is 0 Å². The Morgan fingerprint density at radius 3 is 1.61 bits per heavy atom. The molecule has 128 valence electrons. The van der Waals surface area contributed by atoms with Crippen molar-refractivity contribution in [3.8, 4) is 0 Å². The van der Waals surface area contributed by atoms with Gasteiger partial charge in [-0.3, -0.25) is 0 Å². The van der Waals surface area contributed by atoms with Crippen molar-refractivity contribution in [1.82, 2.24) is 0 Å². The van der Waals surface area contributed by atoms with E-state index in [1.54, 1.807) is 11.1 Å². The van der Waals surface area contributed by atoms with Crippen LogP contribution >= 0.6 is 0 Å². The molecular formula is C23H36. The van der Waals surface area contributed by atoms with E-state index in [-0.39, 0.29) is 0 Å². The van der Waals surface area contributed by atoms with Crippen LogP contribution in [0.2, 0.25) is 0 Å². The van der Waals surface area contributed by atoms with Gasteiger partial charge in [0.05, 0.1) is 0 Å². The van der Waals surface area contributed by atoms with Gasteiger partial charge in [0.1, 0.15) is 0 Å². The molecule has 0 aliphatic heterocycles. The summed E-state index contributed by atoms with van der Waals surface area (Å²) in [6, 6.07) is 9.55. The first-order chi connectivity index (χ1) is 11.2. The maximum atomic E-state index is 2.46. The molecule has 23 heavy (non-hydrogen) atoms. The summed E-state index contributed by atoms with van der Waals surface area (Å²) in [6.45, 7) is 4.88. The van der Waals surface area contributed by atoms with Crippen molar-refractivity contribution in [2.24, 2.45) is 23.7 Å². The topological polar surface area (TPSA) is 0 Å². The fourth-order valence-corrected chi connectivity index (χ4v) is 4.82. The van der Waals surface area contributed by atoms with Gasteiger partial charge >= 0.3 is 0 Å². The quantitative estimate of drug-likeness (QED) is 0.494. The average Bonchev–Trinajstić information content (AvgIpc) is 2.96. The van der Waals surface area contributed by atoms with E-state index in [4.69, 9.17) is 0 Å². The third-order valence-corrected chi connectivity index (χ3v) is 6.94. The second-order valence-corrected chi connectivity index (χ2v) is 8.58. The van der Waals surface area contributed by atoms with Gasteiger partial charge in [-0.15, -0.1) is 0 Å². The number of rotatable bonds is 8. The number of hydrogen-bond donors (Lipinski definition) is 0. The zero-order valence-electron chi connectivity index (χ0n) is 15.4. The number of benzene rings is 1. The lowest BCUT2D eigenvalue weighted by molar-refractivity contribution is 0.180. The Morgan fingerprint density at radius 1 is 0.696 bits per heavy atom.